The summed E-state index contributed by atoms with van der Waals surface area (Å²) in [4.78, 5) is 42.5. The van der Waals surface area contributed by atoms with Crippen molar-refractivity contribution < 1.29 is 19.1 Å². The SMILES string of the molecule is Cc1nc2cccc(OCCCOC3CCNCC3)c2c(=O)n1C1C(=O)CCNC1=O. The molecule has 1 unspecified atom stereocenters. The number of nitrogens with one attached hydrogen (secondary N) is 2. The van der Waals surface area contributed by atoms with Crippen molar-refractivity contribution in [2.45, 2.75) is 44.8 Å². The Morgan fingerprint density at radius 1 is 1.13 bits per heavy atom. The number of carbonyl (C=O) groups excluding carboxylic acids is 2. The van der Waals surface area contributed by atoms with Crippen LogP contribution in [0.3, 0.4) is 0 Å². The molecule has 0 radical (unpaired) electrons. The smallest absolute Gasteiger partial charge is 0.266 e. The number of aromatic nitrogens is 2. The van der Waals surface area contributed by atoms with E-state index in [9.17, 15) is 14.4 Å². The maximum Gasteiger partial charge on any atom is 0.266 e. The molecule has 0 bridgehead atoms. The number of fused-ring (bicyclic) bond motifs is 1. The molecule has 0 spiro atoms. The van der Waals surface area contributed by atoms with Gasteiger partial charge in [-0.1, -0.05) is 6.07 Å². The first kappa shape index (κ1) is 21.5. The number of amides is 1. The van der Waals surface area contributed by atoms with Crippen molar-refractivity contribution in [3.8, 4) is 5.75 Å². The number of aryl methyl sites for hydroxylation is 1. The second-order valence-corrected chi connectivity index (χ2v) is 7.92. The standard InChI is InChI=1S/C22H28N4O5/c1-14-25-16-4-2-5-18(31-13-3-12-30-15-6-9-23-10-7-15)19(16)22(29)26(14)20-17(27)8-11-24-21(20)28/h2,4-5,15,20,23H,3,6-13H2,1H3,(H,24,28). The number of nitrogens with zero attached hydrogens (tertiary/aromatic N) is 2. The molecular formula is C22H28N4O5. The van der Waals surface area contributed by atoms with Gasteiger partial charge in [0.25, 0.3) is 11.5 Å². The van der Waals surface area contributed by atoms with Gasteiger partial charge in [0, 0.05) is 19.4 Å². The van der Waals surface area contributed by atoms with E-state index in [-0.39, 0.29) is 30.2 Å². The maximum absolute atomic E-state index is 13.3. The number of Topliss-reactive ketones (excluding diaryl/α,β-unsaturated/α-hetero) is 1. The fraction of sp³-hybridized carbons (Fsp3) is 0.545. The van der Waals surface area contributed by atoms with Crippen LogP contribution in [0.25, 0.3) is 10.9 Å². The van der Waals surface area contributed by atoms with E-state index in [1.54, 1.807) is 25.1 Å². The van der Waals surface area contributed by atoms with Crippen LogP contribution in [0.5, 0.6) is 5.75 Å². The molecule has 1 atom stereocenters. The van der Waals surface area contributed by atoms with E-state index in [0.717, 1.165) is 25.9 Å². The fourth-order valence-corrected chi connectivity index (χ4v) is 4.15. The molecule has 1 aromatic carbocycles. The van der Waals surface area contributed by atoms with Gasteiger partial charge in [-0.25, -0.2) is 4.98 Å². The molecule has 2 aliphatic rings. The summed E-state index contributed by atoms with van der Waals surface area (Å²) in [6.45, 7) is 4.86. The molecule has 4 rings (SSSR count). The van der Waals surface area contributed by atoms with Crippen LogP contribution in [-0.4, -0.2) is 60.2 Å². The number of piperidine rings is 2. The number of hydrogen-bond acceptors (Lipinski definition) is 7. The molecule has 166 valence electrons. The van der Waals surface area contributed by atoms with Crippen LogP contribution in [0.1, 0.15) is 37.5 Å². The molecule has 2 saturated heterocycles. The molecule has 9 nitrogen and oxygen atoms in total. The molecule has 1 aromatic heterocycles. The van der Waals surface area contributed by atoms with Crippen LogP contribution in [0.2, 0.25) is 0 Å². The number of benzene rings is 1. The zero-order chi connectivity index (χ0) is 21.8. The minimum atomic E-state index is -1.19. The van der Waals surface area contributed by atoms with Crippen molar-refractivity contribution in [1.29, 1.82) is 0 Å². The van der Waals surface area contributed by atoms with Crippen LogP contribution in [0.15, 0.2) is 23.0 Å². The monoisotopic (exact) mass is 428 g/mol. The molecular weight excluding hydrogens is 400 g/mol. The highest BCUT2D eigenvalue weighted by molar-refractivity contribution is 6.05. The van der Waals surface area contributed by atoms with Gasteiger partial charge >= 0.3 is 0 Å². The highest BCUT2D eigenvalue weighted by atomic mass is 16.5. The van der Waals surface area contributed by atoms with Gasteiger partial charge in [0.1, 0.15) is 17.0 Å². The first-order chi connectivity index (χ1) is 15.1. The Morgan fingerprint density at radius 3 is 2.71 bits per heavy atom. The summed E-state index contributed by atoms with van der Waals surface area (Å²) in [5.41, 5.74) is 0.0327. The highest BCUT2D eigenvalue weighted by Crippen LogP contribution is 2.24. The van der Waals surface area contributed by atoms with Gasteiger partial charge in [0.15, 0.2) is 11.8 Å². The quantitative estimate of drug-likeness (QED) is 0.497. The summed E-state index contributed by atoms with van der Waals surface area (Å²) in [5.74, 6) is -0.0469. The molecule has 0 saturated carbocycles. The second kappa shape index (κ2) is 9.57. The topological polar surface area (TPSA) is 112 Å². The molecule has 2 aromatic rings. The van der Waals surface area contributed by atoms with E-state index in [1.165, 1.54) is 4.57 Å². The number of hydrogen-bond donors (Lipinski definition) is 2. The van der Waals surface area contributed by atoms with Crippen molar-refractivity contribution in [2.75, 3.05) is 32.8 Å². The fourth-order valence-electron chi connectivity index (χ4n) is 4.15. The Hall–Kier alpha value is -2.78. The largest absolute Gasteiger partial charge is 0.493 e. The molecule has 31 heavy (non-hydrogen) atoms. The van der Waals surface area contributed by atoms with Crippen LogP contribution in [0, 0.1) is 6.92 Å². The minimum absolute atomic E-state index is 0.190. The van der Waals surface area contributed by atoms with Gasteiger partial charge in [-0.2, -0.15) is 0 Å². The summed E-state index contributed by atoms with van der Waals surface area (Å²) < 4.78 is 13.0. The van der Waals surface area contributed by atoms with Crippen molar-refractivity contribution in [3.63, 3.8) is 0 Å². The van der Waals surface area contributed by atoms with E-state index in [1.807, 2.05) is 0 Å². The zero-order valence-electron chi connectivity index (χ0n) is 17.7. The van der Waals surface area contributed by atoms with E-state index in [4.69, 9.17) is 9.47 Å². The van der Waals surface area contributed by atoms with E-state index in [2.05, 4.69) is 15.6 Å². The maximum atomic E-state index is 13.3. The molecule has 0 aliphatic carbocycles. The number of ketones is 1. The van der Waals surface area contributed by atoms with Gasteiger partial charge in [-0.3, -0.25) is 19.0 Å². The van der Waals surface area contributed by atoms with Gasteiger partial charge in [0.2, 0.25) is 0 Å². The van der Waals surface area contributed by atoms with Gasteiger partial charge < -0.3 is 20.1 Å². The van der Waals surface area contributed by atoms with E-state index >= 15 is 0 Å². The summed E-state index contributed by atoms with van der Waals surface area (Å²) in [6.07, 6.45) is 3.20. The lowest BCUT2D eigenvalue weighted by Gasteiger charge is -2.24. The normalized spacial score (nSPS) is 20.1. The van der Waals surface area contributed by atoms with Crippen LogP contribution in [-0.2, 0) is 14.3 Å². The molecule has 3 heterocycles. The molecule has 2 aliphatic heterocycles. The van der Waals surface area contributed by atoms with Crippen molar-refractivity contribution in [1.82, 2.24) is 20.2 Å². The van der Waals surface area contributed by atoms with Crippen LogP contribution in [0.4, 0.5) is 0 Å². The average molecular weight is 428 g/mol. The Labute approximate surface area is 180 Å². The van der Waals surface area contributed by atoms with E-state index < -0.39 is 17.5 Å². The number of carbonyl (C=O) groups is 2. The van der Waals surface area contributed by atoms with Gasteiger partial charge in [-0.15, -0.1) is 0 Å². The summed E-state index contributed by atoms with van der Waals surface area (Å²) in [5, 5.41) is 6.24. The van der Waals surface area contributed by atoms with Gasteiger partial charge in [0.05, 0.1) is 24.8 Å². The Morgan fingerprint density at radius 2 is 1.94 bits per heavy atom. The van der Waals surface area contributed by atoms with Crippen molar-refractivity contribution >= 4 is 22.6 Å². The highest BCUT2D eigenvalue weighted by Gasteiger charge is 2.34. The molecule has 9 heteroatoms. The molecule has 1 amide bonds. The summed E-state index contributed by atoms with van der Waals surface area (Å²) >= 11 is 0. The summed E-state index contributed by atoms with van der Waals surface area (Å²) in [7, 11) is 0. The lowest BCUT2D eigenvalue weighted by atomic mass is 10.0. The number of ether oxygens (including phenoxy) is 2. The van der Waals surface area contributed by atoms with Crippen LogP contribution < -0.4 is 20.9 Å². The minimum Gasteiger partial charge on any atom is -0.493 e. The first-order valence-electron chi connectivity index (χ1n) is 10.8. The second-order valence-electron chi connectivity index (χ2n) is 7.92. The van der Waals surface area contributed by atoms with Crippen molar-refractivity contribution in [2.24, 2.45) is 0 Å². The lowest BCUT2D eigenvalue weighted by Crippen LogP contribution is -2.47. The number of rotatable bonds is 7. The molecule has 2 fully saturated rings. The third kappa shape index (κ3) is 4.62. The average Bonchev–Trinajstić information content (AvgIpc) is 2.76. The Balaban J connectivity index is 1.52. The lowest BCUT2D eigenvalue weighted by molar-refractivity contribution is -0.135. The van der Waals surface area contributed by atoms with Gasteiger partial charge in [-0.05, 0) is 45.0 Å². The predicted octanol–water partition coefficient (Wildman–Crippen LogP) is 0.873. The predicted molar refractivity (Wildman–Crippen MR) is 114 cm³/mol. The third-order valence-electron chi connectivity index (χ3n) is 5.74. The van der Waals surface area contributed by atoms with Crippen molar-refractivity contribution in [3.05, 3.63) is 34.4 Å². The van der Waals surface area contributed by atoms with Crippen LogP contribution >= 0.6 is 0 Å². The summed E-state index contributed by atoms with van der Waals surface area (Å²) in [6, 6.07) is 4.02. The Bertz CT molecular complexity index is 1010. The zero-order valence-corrected chi connectivity index (χ0v) is 17.7. The first-order valence-corrected chi connectivity index (χ1v) is 10.8. The Kier molecular flexibility index (Phi) is 6.62. The van der Waals surface area contributed by atoms with E-state index in [0.29, 0.717) is 36.7 Å². The third-order valence-corrected chi connectivity index (χ3v) is 5.74. The molecule has 2 N–H and O–H groups in total.